The van der Waals surface area contributed by atoms with Crippen LogP contribution in [0.15, 0.2) is 42.5 Å². The Morgan fingerprint density at radius 2 is 1.76 bits per heavy atom. The third kappa shape index (κ3) is 4.78. The fraction of sp³-hybridized carbons (Fsp3) is 0.500. The van der Waals surface area contributed by atoms with E-state index < -0.39 is 0 Å². The zero-order valence-corrected chi connectivity index (χ0v) is 17.5. The fourth-order valence-electron chi connectivity index (χ4n) is 4.47. The van der Waals surface area contributed by atoms with Crippen molar-refractivity contribution in [1.29, 1.82) is 0 Å². The Morgan fingerprint density at radius 1 is 0.966 bits per heavy atom. The summed E-state index contributed by atoms with van der Waals surface area (Å²) in [6.45, 7) is 2.90. The van der Waals surface area contributed by atoms with Crippen molar-refractivity contribution in [2.24, 2.45) is 0 Å². The first kappa shape index (κ1) is 19.9. The van der Waals surface area contributed by atoms with E-state index in [0.29, 0.717) is 12.1 Å². The van der Waals surface area contributed by atoms with Crippen molar-refractivity contribution in [3.63, 3.8) is 0 Å². The van der Waals surface area contributed by atoms with Gasteiger partial charge in [0, 0.05) is 37.4 Å². The number of benzene rings is 2. The van der Waals surface area contributed by atoms with E-state index in [2.05, 4.69) is 34.5 Å². The second kappa shape index (κ2) is 9.40. The van der Waals surface area contributed by atoms with Gasteiger partial charge in [0.25, 0.3) is 0 Å². The number of nitrogens with zero attached hydrogens (tertiary/aromatic N) is 1. The Hall–Kier alpha value is -2.40. The summed E-state index contributed by atoms with van der Waals surface area (Å²) in [6.07, 6.45) is 6.07. The molecule has 0 aromatic heterocycles. The second-order valence-electron chi connectivity index (χ2n) is 7.97. The van der Waals surface area contributed by atoms with Crippen molar-refractivity contribution in [2.75, 3.05) is 38.8 Å². The normalized spacial score (nSPS) is 19.9. The summed E-state index contributed by atoms with van der Waals surface area (Å²) < 4.78 is 17.4. The largest absolute Gasteiger partial charge is 0.496 e. The van der Waals surface area contributed by atoms with Crippen molar-refractivity contribution in [2.45, 2.75) is 44.2 Å². The second-order valence-corrected chi connectivity index (χ2v) is 7.97. The van der Waals surface area contributed by atoms with Crippen LogP contribution < -0.4 is 24.4 Å². The molecule has 1 saturated carbocycles. The number of anilines is 1. The Morgan fingerprint density at radius 3 is 2.55 bits per heavy atom. The number of hydrogen-bond donors (Lipinski definition) is 1. The summed E-state index contributed by atoms with van der Waals surface area (Å²) in [6, 6.07) is 15.0. The lowest BCUT2D eigenvalue weighted by atomic mass is 10.0. The maximum atomic E-state index is 6.30. The van der Waals surface area contributed by atoms with Crippen LogP contribution >= 0.6 is 0 Å². The van der Waals surface area contributed by atoms with Gasteiger partial charge in [0.15, 0.2) is 11.5 Å². The predicted molar refractivity (Wildman–Crippen MR) is 117 cm³/mol. The van der Waals surface area contributed by atoms with E-state index in [4.69, 9.17) is 14.2 Å². The maximum Gasteiger partial charge on any atom is 0.163 e. The van der Waals surface area contributed by atoms with E-state index >= 15 is 0 Å². The Labute approximate surface area is 174 Å². The molecule has 4 rings (SSSR count). The highest BCUT2D eigenvalue weighted by Crippen LogP contribution is 2.35. The first-order valence-electron chi connectivity index (χ1n) is 10.7. The van der Waals surface area contributed by atoms with E-state index in [0.717, 1.165) is 56.1 Å². The van der Waals surface area contributed by atoms with Gasteiger partial charge in [0.2, 0.25) is 0 Å². The molecule has 0 spiro atoms. The number of rotatable bonds is 7. The molecule has 0 bridgehead atoms. The molecule has 1 heterocycles. The SMILES string of the molecule is COc1ccccc1C[C@H]1CN(c2ccc(OC)c(OC3CCCC3)c2)CCN1. The minimum absolute atomic E-state index is 0.320. The smallest absolute Gasteiger partial charge is 0.163 e. The first-order chi connectivity index (χ1) is 14.3. The summed E-state index contributed by atoms with van der Waals surface area (Å²) in [5.41, 5.74) is 2.44. The van der Waals surface area contributed by atoms with Crippen LogP contribution in [0.25, 0.3) is 0 Å². The molecule has 2 fully saturated rings. The molecule has 2 aromatic carbocycles. The third-order valence-electron chi connectivity index (χ3n) is 6.02. The van der Waals surface area contributed by atoms with Gasteiger partial charge in [-0.25, -0.2) is 0 Å². The van der Waals surface area contributed by atoms with Crippen LogP contribution in [0, 0.1) is 0 Å². The molecule has 1 aliphatic carbocycles. The molecule has 0 unspecified atom stereocenters. The van der Waals surface area contributed by atoms with E-state index in [9.17, 15) is 0 Å². The van der Waals surface area contributed by atoms with Crippen molar-refractivity contribution in [1.82, 2.24) is 5.32 Å². The molecule has 0 radical (unpaired) electrons. The molecule has 2 aliphatic rings. The molecule has 156 valence electrons. The topological polar surface area (TPSA) is 43.0 Å². The van der Waals surface area contributed by atoms with Crippen molar-refractivity contribution in [3.05, 3.63) is 48.0 Å². The van der Waals surface area contributed by atoms with Crippen LogP contribution in [-0.2, 0) is 6.42 Å². The van der Waals surface area contributed by atoms with Gasteiger partial charge in [-0.1, -0.05) is 18.2 Å². The van der Waals surface area contributed by atoms with Gasteiger partial charge in [0.1, 0.15) is 5.75 Å². The van der Waals surface area contributed by atoms with Crippen LogP contribution in [0.2, 0.25) is 0 Å². The average Bonchev–Trinajstić information content (AvgIpc) is 3.27. The minimum atomic E-state index is 0.320. The summed E-state index contributed by atoms with van der Waals surface area (Å²) in [4.78, 5) is 2.44. The standard InChI is InChI=1S/C24H32N2O3/c1-27-22-10-6-3-7-18(22)15-19-17-26(14-13-25-19)20-11-12-23(28-2)24(16-20)29-21-8-4-5-9-21/h3,6-7,10-12,16,19,21,25H,4-5,8-9,13-15,17H2,1-2H3/t19-/m0/s1. The Balaban J connectivity index is 1.47. The van der Waals surface area contributed by atoms with Crippen LogP contribution in [0.5, 0.6) is 17.2 Å². The van der Waals surface area contributed by atoms with Crippen LogP contribution in [0.4, 0.5) is 5.69 Å². The quantitative estimate of drug-likeness (QED) is 0.765. The first-order valence-corrected chi connectivity index (χ1v) is 10.7. The molecule has 1 saturated heterocycles. The number of hydrogen-bond acceptors (Lipinski definition) is 5. The van der Waals surface area contributed by atoms with E-state index in [1.54, 1.807) is 14.2 Å². The molecular weight excluding hydrogens is 364 g/mol. The van der Waals surface area contributed by atoms with Gasteiger partial charge in [-0.2, -0.15) is 0 Å². The van der Waals surface area contributed by atoms with Gasteiger partial charge in [0.05, 0.1) is 20.3 Å². The number of para-hydroxylation sites is 1. The highest BCUT2D eigenvalue weighted by atomic mass is 16.5. The van der Waals surface area contributed by atoms with Gasteiger partial charge in [-0.05, 0) is 55.9 Å². The molecule has 5 nitrogen and oxygen atoms in total. The summed E-state index contributed by atoms with van der Waals surface area (Å²) in [5, 5.41) is 3.66. The Bertz CT molecular complexity index is 804. The van der Waals surface area contributed by atoms with Crippen LogP contribution in [0.1, 0.15) is 31.2 Å². The van der Waals surface area contributed by atoms with Gasteiger partial charge < -0.3 is 24.4 Å². The average molecular weight is 397 g/mol. The lowest BCUT2D eigenvalue weighted by Crippen LogP contribution is -2.51. The predicted octanol–water partition coefficient (Wildman–Crippen LogP) is 4.05. The van der Waals surface area contributed by atoms with E-state index in [1.807, 2.05) is 18.2 Å². The molecule has 0 amide bonds. The molecule has 1 N–H and O–H groups in total. The zero-order valence-electron chi connectivity index (χ0n) is 17.5. The highest BCUT2D eigenvalue weighted by Gasteiger charge is 2.23. The lowest BCUT2D eigenvalue weighted by molar-refractivity contribution is 0.201. The maximum absolute atomic E-state index is 6.30. The van der Waals surface area contributed by atoms with Gasteiger partial charge in [-0.15, -0.1) is 0 Å². The summed E-state index contributed by atoms with van der Waals surface area (Å²) in [7, 11) is 3.45. The monoisotopic (exact) mass is 396 g/mol. The van der Waals surface area contributed by atoms with Gasteiger partial charge in [-0.3, -0.25) is 0 Å². The number of ether oxygens (including phenoxy) is 3. The summed E-state index contributed by atoms with van der Waals surface area (Å²) >= 11 is 0. The van der Waals surface area contributed by atoms with Crippen molar-refractivity contribution >= 4 is 5.69 Å². The summed E-state index contributed by atoms with van der Waals surface area (Å²) in [5.74, 6) is 2.65. The van der Waals surface area contributed by atoms with Crippen LogP contribution in [0.3, 0.4) is 0 Å². The van der Waals surface area contributed by atoms with E-state index in [-0.39, 0.29) is 0 Å². The molecule has 29 heavy (non-hydrogen) atoms. The highest BCUT2D eigenvalue weighted by molar-refractivity contribution is 5.57. The van der Waals surface area contributed by atoms with Gasteiger partial charge >= 0.3 is 0 Å². The molecular formula is C24H32N2O3. The zero-order chi connectivity index (χ0) is 20.1. The van der Waals surface area contributed by atoms with E-state index in [1.165, 1.54) is 24.1 Å². The van der Waals surface area contributed by atoms with Crippen molar-refractivity contribution < 1.29 is 14.2 Å². The number of nitrogens with one attached hydrogen (secondary N) is 1. The third-order valence-corrected chi connectivity index (χ3v) is 6.02. The molecule has 5 heteroatoms. The number of piperazine rings is 1. The molecule has 2 aromatic rings. The Kier molecular flexibility index (Phi) is 6.45. The number of methoxy groups -OCH3 is 2. The minimum Gasteiger partial charge on any atom is -0.496 e. The molecule has 1 atom stereocenters. The molecule has 1 aliphatic heterocycles. The lowest BCUT2D eigenvalue weighted by Gasteiger charge is -2.36. The fourth-order valence-corrected chi connectivity index (χ4v) is 4.47. The van der Waals surface area contributed by atoms with Crippen LogP contribution in [-0.4, -0.2) is 46.0 Å². The van der Waals surface area contributed by atoms with Crippen molar-refractivity contribution in [3.8, 4) is 17.2 Å².